The predicted octanol–water partition coefficient (Wildman–Crippen LogP) is -0.187. The van der Waals surface area contributed by atoms with Crippen molar-refractivity contribution in [1.29, 1.82) is 0 Å². The van der Waals surface area contributed by atoms with Crippen molar-refractivity contribution in [2.24, 2.45) is 5.73 Å². The van der Waals surface area contributed by atoms with Crippen LogP contribution in [0.25, 0.3) is 0 Å². The molecule has 0 radical (unpaired) electrons. The van der Waals surface area contributed by atoms with E-state index in [0.717, 1.165) is 5.56 Å². The lowest BCUT2D eigenvalue weighted by Crippen LogP contribution is -2.33. The van der Waals surface area contributed by atoms with Crippen LogP contribution in [0.4, 0.5) is 0 Å². The summed E-state index contributed by atoms with van der Waals surface area (Å²) >= 11 is 0. The number of carbonyl (C=O) groups is 2. The zero-order chi connectivity index (χ0) is 13.4. The van der Waals surface area contributed by atoms with Crippen LogP contribution in [0.2, 0.25) is 0 Å². The molecule has 3 N–H and O–H groups in total. The van der Waals surface area contributed by atoms with Crippen LogP contribution >= 0.6 is 0 Å². The van der Waals surface area contributed by atoms with E-state index in [9.17, 15) is 9.59 Å². The highest BCUT2D eigenvalue weighted by Gasteiger charge is 2.05. The molecule has 0 heterocycles. The lowest BCUT2D eigenvalue weighted by Gasteiger charge is -2.07. The van der Waals surface area contributed by atoms with Crippen LogP contribution in [-0.4, -0.2) is 32.1 Å². The van der Waals surface area contributed by atoms with E-state index < -0.39 is 5.97 Å². The lowest BCUT2D eigenvalue weighted by atomic mass is 10.2. The lowest BCUT2D eigenvalue weighted by molar-refractivity contribution is -0.141. The third-order valence-electron chi connectivity index (χ3n) is 2.19. The van der Waals surface area contributed by atoms with Crippen LogP contribution in [0.1, 0.15) is 5.56 Å². The third-order valence-corrected chi connectivity index (χ3v) is 2.19. The predicted molar refractivity (Wildman–Crippen MR) is 64.9 cm³/mol. The molecule has 1 rings (SSSR count). The van der Waals surface area contributed by atoms with Gasteiger partial charge in [-0.15, -0.1) is 0 Å². The molecule has 0 aromatic heterocycles. The summed E-state index contributed by atoms with van der Waals surface area (Å²) in [5.41, 5.74) is 6.44. The first-order chi connectivity index (χ1) is 8.65. The summed E-state index contributed by atoms with van der Waals surface area (Å²) in [6, 6.07) is 7.11. The molecule has 0 aliphatic rings. The van der Waals surface area contributed by atoms with Gasteiger partial charge < -0.3 is 20.5 Å². The van der Waals surface area contributed by atoms with Gasteiger partial charge in [-0.3, -0.25) is 9.59 Å². The number of rotatable bonds is 6. The Morgan fingerprint density at radius 1 is 1.28 bits per heavy atom. The molecule has 0 saturated heterocycles. The highest BCUT2D eigenvalue weighted by molar-refractivity contribution is 5.82. The molecule has 0 aliphatic heterocycles. The Balaban J connectivity index is 2.31. The Morgan fingerprint density at radius 2 is 1.94 bits per heavy atom. The van der Waals surface area contributed by atoms with E-state index in [4.69, 9.17) is 10.5 Å². The number of esters is 1. The van der Waals surface area contributed by atoms with Gasteiger partial charge in [-0.2, -0.15) is 0 Å². The van der Waals surface area contributed by atoms with Crippen molar-refractivity contribution in [2.75, 3.05) is 20.3 Å². The van der Waals surface area contributed by atoms with Crippen molar-refractivity contribution in [2.45, 2.75) is 6.54 Å². The molecule has 0 atom stereocenters. The smallest absolute Gasteiger partial charge is 0.325 e. The van der Waals surface area contributed by atoms with Gasteiger partial charge in [0.15, 0.2) is 6.61 Å². The van der Waals surface area contributed by atoms with Crippen LogP contribution < -0.4 is 15.8 Å². The first-order valence-electron chi connectivity index (χ1n) is 5.41. The molecule has 0 unspecified atom stereocenters. The van der Waals surface area contributed by atoms with Gasteiger partial charge in [0.2, 0.25) is 0 Å². The van der Waals surface area contributed by atoms with Crippen LogP contribution in [-0.2, 0) is 20.9 Å². The molecule has 0 saturated carbocycles. The fraction of sp³-hybridized carbons (Fsp3) is 0.333. The second kappa shape index (κ2) is 7.29. The Bertz CT molecular complexity index is 403. The number of benzene rings is 1. The zero-order valence-electron chi connectivity index (χ0n) is 10.1. The SMILES string of the molecule is COC(=O)CNC(=O)COc1ccc(CN)cc1. The van der Waals surface area contributed by atoms with Gasteiger partial charge in [0.25, 0.3) is 5.91 Å². The van der Waals surface area contributed by atoms with Gasteiger partial charge in [-0.25, -0.2) is 0 Å². The van der Waals surface area contributed by atoms with E-state index in [2.05, 4.69) is 10.1 Å². The summed E-state index contributed by atoms with van der Waals surface area (Å²) in [6.07, 6.45) is 0. The maximum absolute atomic E-state index is 11.3. The maximum atomic E-state index is 11.3. The number of hydrogen-bond donors (Lipinski definition) is 2. The molecule has 0 spiro atoms. The summed E-state index contributed by atoms with van der Waals surface area (Å²) < 4.78 is 9.61. The second-order valence-electron chi connectivity index (χ2n) is 3.49. The van der Waals surface area contributed by atoms with Gasteiger partial charge in [0.05, 0.1) is 7.11 Å². The van der Waals surface area contributed by atoms with E-state index in [1.165, 1.54) is 7.11 Å². The van der Waals surface area contributed by atoms with Crippen LogP contribution in [0, 0.1) is 0 Å². The molecule has 1 amide bonds. The second-order valence-corrected chi connectivity index (χ2v) is 3.49. The fourth-order valence-corrected chi connectivity index (χ4v) is 1.16. The molecule has 0 aliphatic carbocycles. The Hall–Kier alpha value is -2.08. The maximum Gasteiger partial charge on any atom is 0.325 e. The number of ether oxygens (including phenoxy) is 2. The number of carbonyl (C=O) groups excluding carboxylic acids is 2. The molecule has 18 heavy (non-hydrogen) atoms. The Kier molecular flexibility index (Phi) is 5.66. The number of methoxy groups -OCH3 is 1. The van der Waals surface area contributed by atoms with Crippen LogP contribution in [0.15, 0.2) is 24.3 Å². The molecular weight excluding hydrogens is 236 g/mol. The number of nitrogens with one attached hydrogen (secondary N) is 1. The molecule has 0 bridgehead atoms. The Labute approximate surface area is 105 Å². The van der Waals surface area contributed by atoms with Gasteiger partial charge >= 0.3 is 5.97 Å². The summed E-state index contributed by atoms with van der Waals surface area (Å²) in [5.74, 6) is -0.320. The molecule has 6 heteroatoms. The van der Waals surface area contributed by atoms with Crippen LogP contribution in [0.3, 0.4) is 0 Å². The normalized spacial score (nSPS) is 9.67. The molecular formula is C12H16N2O4. The molecule has 98 valence electrons. The van der Waals surface area contributed by atoms with Crippen molar-refractivity contribution in [3.8, 4) is 5.75 Å². The largest absolute Gasteiger partial charge is 0.484 e. The van der Waals surface area contributed by atoms with E-state index in [1.807, 2.05) is 12.1 Å². The fourth-order valence-electron chi connectivity index (χ4n) is 1.16. The average Bonchev–Trinajstić information content (AvgIpc) is 2.42. The third kappa shape index (κ3) is 4.84. The minimum atomic E-state index is -0.504. The van der Waals surface area contributed by atoms with Crippen molar-refractivity contribution in [3.05, 3.63) is 29.8 Å². The topological polar surface area (TPSA) is 90.6 Å². The quantitative estimate of drug-likeness (QED) is 0.685. The first kappa shape index (κ1) is 14.0. The molecule has 6 nitrogen and oxygen atoms in total. The highest BCUT2D eigenvalue weighted by atomic mass is 16.5. The Morgan fingerprint density at radius 3 is 2.50 bits per heavy atom. The first-order valence-corrected chi connectivity index (χ1v) is 5.41. The van der Waals surface area contributed by atoms with Crippen molar-refractivity contribution >= 4 is 11.9 Å². The molecule has 1 aromatic carbocycles. The van der Waals surface area contributed by atoms with E-state index in [-0.39, 0.29) is 19.1 Å². The van der Waals surface area contributed by atoms with Gasteiger partial charge in [-0.05, 0) is 17.7 Å². The highest BCUT2D eigenvalue weighted by Crippen LogP contribution is 2.11. The summed E-state index contributed by atoms with van der Waals surface area (Å²) in [6.45, 7) is 0.143. The van der Waals surface area contributed by atoms with Gasteiger partial charge in [0.1, 0.15) is 12.3 Å². The van der Waals surface area contributed by atoms with Crippen molar-refractivity contribution in [3.63, 3.8) is 0 Å². The summed E-state index contributed by atoms with van der Waals surface area (Å²) in [7, 11) is 1.25. The minimum Gasteiger partial charge on any atom is -0.484 e. The molecule has 0 fully saturated rings. The van der Waals surface area contributed by atoms with Crippen molar-refractivity contribution in [1.82, 2.24) is 5.32 Å². The molecule has 1 aromatic rings. The van der Waals surface area contributed by atoms with E-state index in [1.54, 1.807) is 12.1 Å². The standard InChI is InChI=1S/C12H16N2O4/c1-17-12(16)7-14-11(15)8-18-10-4-2-9(6-13)3-5-10/h2-5H,6-8,13H2,1H3,(H,14,15). The van der Waals surface area contributed by atoms with E-state index in [0.29, 0.717) is 12.3 Å². The van der Waals surface area contributed by atoms with E-state index >= 15 is 0 Å². The number of nitrogens with two attached hydrogens (primary N) is 1. The van der Waals surface area contributed by atoms with Crippen molar-refractivity contribution < 1.29 is 19.1 Å². The zero-order valence-corrected chi connectivity index (χ0v) is 10.1. The monoisotopic (exact) mass is 252 g/mol. The minimum absolute atomic E-state index is 0.154. The number of hydrogen-bond acceptors (Lipinski definition) is 5. The number of amides is 1. The van der Waals surface area contributed by atoms with Gasteiger partial charge in [-0.1, -0.05) is 12.1 Å². The summed E-state index contributed by atoms with van der Waals surface area (Å²) in [4.78, 5) is 22.1. The average molecular weight is 252 g/mol. The summed E-state index contributed by atoms with van der Waals surface area (Å²) in [5, 5.41) is 2.37. The van der Waals surface area contributed by atoms with Crippen LogP contribution in [0.5, 0.6) is 5.75 Å². The van der Waals surface area contributed by atoms with Gasteiger partial charge in [0, 0.05) is 6.54 Å².